The van der Waals surface area contributed by atoms with Gasteiger partial charge in [0, 0.05) is 0 Å². The van der Waals surface area contributed by atoms with Crippen LogP contribution in [0.15, 0.2) is 0 Å². The van der Waals surface area contributed by atoms with E-state index in [1.807, 2.05) is 0 Å². The van der Waals surface area contributed by atoms with E-state index in [0.717, 1.165) is 0 Å². The predicted octanol–water partition coefficient (Wildman–Crippen LogP) is 1.05. The van der Waals surface area contributed by atoms with Crippen LogP contribution in [0.2, 0.25) is 8.26 Å². The van der Waals surface area contributed by atoms with Crippen molar-refractivity contribution in [3.63, 3.8) is 0 Å². The summed E-state index contributed by atoms with van der Waals surface area (Å²) in [5.74, 6) is 0. The first-order valence-corrected chi connectivity index (χ1v) is 13.4. The molecule has 0 N–H and O–H groups in total. The van der Waals surface area contributed by atoms with Crippen molar-refractivity contribution in [2.45, 2.75) is 22.1 Å². The summed E-state index contributed by atoms with van der Waals surface area (Å²) < 4.78 is 13.7. The van der Waals surface area contributed by atoms with E-state index in [2.05, 4.69) is 13.8 Å². The second-order valence-electron chi connectivity index (χ2n) is 1.46. The van der Waals surface area contributed by atoms with E-state index >= 15 is 0 Å². The van der Waals surface area contributed by atoms with Crippen molar-refractivity contribution in [1.29, 1.82) is 0 Å². The van der Waals surface area contributed by atoms with E-state index in [9.17, 15) is 0 Å². The third kappa shape index (κ3) is 1.83. The average Bonchev–Trinajstić information content (AvgIpc) is 1.65. The van der Waals surface area contributed by atoms with Gasteiger partial charge in [0.25, 0.3) is 0 Å². The Balaban J connectivity index is 2.03. The Bertz CT molecular complexity index is 64.4. The Morgan fingerprint density at radius 1 is 1.00 bits per heavy atom. The van der Waals surface area contributed by atoms with Crippen LogP contribution in [0.5, 0.6) is 0 Å². The van der Waals surface area contributed by atoms with Crippen molar-refractivity contribution >= 4 is 45.3 Å². The second-order valence-corrected chi connectivity index (χ2v) is 24.0. The van der Waals surface area contributed by atoms with Crippen LogP contribution in [-0.4, -0.2) is 45.3 Å². The fourth-order valence-electron chi connectivity index (χ4n) is 0.440. The van der Waals surface area contributed by atoms with Crippen LogP contribution in [0.4, 0.5) is 0 Å². The van der Waals surface area contributed by atoms with Crippen LogP contribution in [-0.2, 0) is 1.78 Å². The molecule has 0 saturated carbocycles. The SMILES string of the molecule is C[CH2][Bi]1[O][Bi]([CH2]C)[O]1. The summed E-state index contributed by atoms with van der Waals surface area (Å²) in [7, 11) is 0. The van der Waals surface area contributed by atoms with Crippen molar-refractivity contribution < 1.29 is 1.78 Å². The summed E-state index contributed by atoms with van der Waals surface area (Å²) in [4.78, 5) is 0. The van der Waals surface area contributed by atoms with Crippen LogP contribution in [0.3, 0.4) is 0 Å². The molecule has 2 nitrogen and oxygen atoms in total. The van der Waals surface area contributed by atoms with Gasteiger partial charge in [-0.2, -0.15) is 0 Å². The summed E-state index contributed by atoms with van der Waals surface area (Å²) >= 11 is -3.01. The van der Waals surface area contributed by atoms with Gasteiger partial charge in [-0.3, -0.25) is 0 Å². The molecule has 0 atom stereocenters. The first-order chi connectivity index (χ1) is 3.86. The molecule has 0 bridgehead atoms. The molecular weight excluding hydrogens is 498 g/mol. The molecule has 0 radical (unpaired) electrons. The van der Waals surface area contributed by atoms with E-state index in [4.69, 9.17) is 1.78 Å². The molecule has 1 aliphatic heterocycles. The molecule has 0 amide bonds. The van der Waals surface area contributed by atoms with Gasteiger partial charge in [-0.25, -0.2) is 0 Å². The fraction of sp³-hybridized carbons (Fsp3) is 1.00. The molecule has 8 heavy (non-hydrogen) atoms. The number of hydrogen-bond donors (Lipinski definition) is 0. The molecule has 4 heteroatoms. The molecule has 0 aromatic carbocycles. The summed E-state index contributed by atoms with van der Waals surface area (Å²) in [6, 6.07) is 0. The number of hydrogen-bond acceptors (Lipinski definition) is 2. The molecule has 0 aliphatic carbocycles. The molecule has 1 heterocycles. The monoisotopic (exact) mass is 508 g/mol. The zero-order valence-electron chi connectivity index (χ0n) is 5.13. The van der Waals surface area contributed by atoms with Crippen molar-refractivity contribution in [2.24, 2.45) is 0 Å². The molecule has 1 fully saturated rings. The number of rotatable bonds is 2. The standard InChI is InChI=1S/2C2H5.2Bi.2O/c2*1-2;;;;/h2*1H2,2H3;;;;. The first-order valence-electron chi connectivity index (χ1n) is 2.78. The molecule has 0 spiro atoms. The second kappa shape index (κ2) is 3.76. The first kappa shape index (κ1) is 7.79. The van der Waals surface area contributed by atoms with Crippen LogP contribution >= 0.6 is 0 Å². The van der Waals surface area contributed by atoms with Gasteiger partial charge in [-0.1, -0.05) is 0 Å². The third-order valence-corrected chi connectivity index (χ3v) is 32.6. The molecule has 0 aromatic heterocycles. The summed E-state index contributed by atoms with van der Waals surface area (Å²) in [5.41, 5.74) is 0. The summed E-state index contributed by atoms with van der Waals surface area (Å²) in [5, 5.41) is 0. The zero-order chi connectivity index (χ0) is 5.98. The van der Waals surface area contributed by atoms with Crippen molar-refractivity contribution in [2.75, 3.05) is 0 Å². The van der Waals surface area contributed by atoms with E-state index in [0.29, 0.717) is 0 Å². The van der Waals surface area contributed by atoms with E-state index < -0.39 is 45.3 Å². The van der Waals surface area contributed by atoms with Crippen molar-refractivity contribution in [3.05, 3.63) is 0 Å². The van der Waals surface area contributed by atoms with Crippen LogP contribution in [0.1, 0.15) is 13.8 Å². The minimum atomic E-state index is -1.50. The predicted molar refractivity (Wildman–Crippen MR) is 34.6 cm³/mol. The van der Waals surface area contributed by atoms with Gasteiger partial charge < -0.3 is 0 Å². The van der Waals surface area contributed by atoms with Gasteiger partial charge in [0.1, 0.15) is 0 Å². The van der Waals surface area contributed by atoms with Crippen LogP contribution < -0.4 is 0 Å². The Morgan fingerprint density at radius 2 is 1.38 bits per heavy atom. The Labute approximate surface area is 68.4 Å². The molecule has 0 aromatic rings. The Kier molecular flexibility index (Phi) is 3.66. The Hall–Kier alpha value is 1.69. The maximum atomic E-state index is 5.62. The van der Waals surface area contributed by atoms with Crippen LogP contribution in [0, 0.1) is 0 Å². The average molecular weight is 508 g/mol. The van der Waals surface area contributed by atoms with E-state index in [1.165, 1.54) is 8.26 Å². The molecule has 48 valence electrons. The molecule has 1 rings (SSSR count). The quantitative estimate of drug-likeness (QED) is 0.520. The van der Waals surface area contributed by atoms with Gasteiger partial charge in [0.05, 0.1) is 0 Å². The summed E-state index contributed by atoms with van der Waals surface area (Å²) in [6.45, 7) is 4.35. The van der Waals surface area contributed by atoms with Gasteiger partial charge >= 0.3 is 69.1 Å². The van der Waals surface area contributed by atoms with Gasteiger partial charge in [-0.15, -0.1) is 0 Å². The minimum absolute atomic E-state index is 1.22. The van der Waals surface area contributed by atoms with Gasteiger partial charge in [-0.05, 0) is 0 Å². The maximum absolute atomic E-state index is 5.62. The topological polar surface area (TPSA) is 18.5 Å². The molecule has 1 aliphatic rings. The molecule has 0 unspecified atom stereocenters. The van der Waals surface area contributed by atoms with Gasteiger partial charge in [0.2, 0.25) is 0 Å². The van der Waals surface area contributed by atoms with Crippen molar-refractivity contribution in [3.8, 4) is 0 Å². The van der Waals surface area contributed by atoms with E-state index in [-0.39, 0.29) is 0 Å². The van der Waals surface area contributed by atoms with Crippen LogP contribution in [0.25, 0.3) is 0 Å². The Morgan fingerprint density at radius 3 is 1.62 bits per heavy atom. The molecule has 1 saturated heterocycles. The zero-order valence-corrected chi connectivity index (χ0v) is 12.1. The van der Waals surface area contributed by atoms with Crippen molar-refractivity contribution in [1.82, 2.24) is 0 Å². The summed E-state index contributed by atoms with van der Waals surface area (Å²) in [6.07, 6.45) is 0. The third-order valence-electron chi connectivity index (χ3n) is 0.881. The molecular formula is C4H10Bi2O2. The fourth-order valence-corrected chi connectivity index (χ4v) is 33.9. The normalized spacial score (nSPS) is 23.2. The van der Waals surface area contributed by atoms with Gasteiger partial charge in [0.15, 0.2) is 0 Å². The van der Waals surface area contributed by atoms with E-state index in [1.54, 1.807) is 0 Å².